The van der Waals surface area contributed by atoms with E-state index in [1.807, 2.05) is 6.08 Å². The predicted molar refractivity (Wildman–Crippen MR) is 83.6 cm³/mol. The molecule has 0 saturated carbocycles. The third kappa shape index (κ3) is 3.63. The number of benzene rings is 1. The zero-order valence-electron chi connectivity index (χ0n) is 12.9. The van der Waals surface area contributed by atoms with E-state index in [0.29, 0.717) is 12.2 Å². The number of phenols is 1. The van der Waals surface area contributed by atoms with E-state index in [2.05, 4.69) is 47.4 Å². The van der Waals surface area contributed by atoms with Gasteiger partial charge in [-0.1, -0.05) is 26.8 Å². The van der Waals surface area contributed by atoms with Gasteiger partial charge in [0.1, 0.15) is 11.5 Å². The SMILES string of the molecule is C=CCc1c(O)cc(O[Si](C)C)c(C(C)(C)C)c1C. The van der Waals surface area contributed by atoms with Gasteiger partial charge in [-0.15, -0.1) is 6.58 Å². The number of hydrogen-bond acceptors (Lipinski definition) is 2. The Kier molecular flexibility index (Phi) is 4.85. The van der Waals surface area contributed by atoms with Crippen molar-refractivity contribution < 1.29 is 9.53 Å². The molecular weight excluding hydrogens is 252 g/mol. The molecule has 2 nitrogen and oxygen atoms in total. The molecule has 0 atom stereocenters. The molecule has 1 aromatic rings. The fraction of sp³-hybridized carbons (Fsp3) is 0.500. The van der Waals surface area contributed by atoms with E-state index >= 15 is 0 Å². The Morgan fingerprint density at radius 2 is 1.95 bits per heavy atom. The molecule has 0 spiro atoms. The molecule has 0 bridgehead atoms. The van der Waals surface area contributed by atoms with Gasteiger partial charge in [-0.25, -0.2) is 0 Å². The molecule has 0 aliphatic carbocycles. The number of phenolic OH excluding ortho intramolecular Hbond substituents is 1. The molecular formula is C16H25O2Si. The average molecular weight is 277 g/mol. The Balaban J connectivity index is 3.52. The zero-order valence-corrected chi connectivity index (χ0v) is 13.9. The fourth-order valence-corrected chi connectivity index (χ4v) is 3.05. The normalized spacial score (nSPS) is 11.7. The Labute approximate surface area is 118 Å². The van der Waals surface area contributed by atoms with Crippen LogP contribution in [0.5, 0.6) is 11.5 Å². The summed E-state index contributed by atoms with van der Waals surface area (Å²) in [6.07, 6.45) is 2.50. The monoisotopic (exact) mass is 277 g/mol. The van der Waals surface area contributed by atoms with Crippen LogP contribution in [0.2, 0.25) is 13.1 Å². The van der Waals surface area contributed by atoms with Crippen molar-refractivity contribution in [3.63, 3.8) is 0 Å². The van der Waals surface area contributed by atoms with Crippen molar-refractivity contribution >= 4 is 9.04 Å². The van der Waals surface area contributed by atoms with Gasteiger partial charge in [0, 0.05) is 17.2 Å². The van der Waals surface area contributed by atoms with Crippen LogP contribution in [0.15, 0.2) is 18.7 Å². The van der Waals surface area contributed by atoms with Crippen LogP contribution in [0.1, 0.15) is 37.5 Å². The van der Waals surface area contributed by atoms with Crippen LogP contribution in [-0.2, 0) is 11.8 Å². The Bertz CT molecular complexity index is 471. The molecule has 19 heavy (non-hydrogen) atoms. The van der Waals surface area contributed by atoms with E-state index in [1.54, 1.807) is 6.07 Å². The van der Waals surface area contributed by atoms with E-state index in [-0.39, 0.29) is 5.41 Å². The smallest absolute Gasteiger partial charge is 0.274 e. The minimum Gasteiger partial charge on any atom is -0.542 e. The summed E-state index contributed by atoms with van der Waals surface area (Å²) in [5, 5.41) is 10.2. The van der Waals surface area contributed by atoms with Crippen LogP contribution in [0, 0.1) is 6.92 Å². The molecule has 0 unspecified atom stereocenters. The maximum atomic E-state index is 10.2. The van der Waals surface area contributed by atoms with Gasteiger partial charge in [0.25, 0.3) is 9.04 Å². The van der Waals surface area contributed by atoms with Gasteiger partial charge in [-0.05, 0) is 37.4 Å². The molecule has 0 aliphatic rings. The minimum absolute atomic E-state index is 0.0135. The first-order chi connectivity index (χ1) is 8.68. The Hall–Kier alpha value is -1.22. The summed E-state index contributed by atoms with van der Waals surface area (Å²) in [7, 11) is -0.858. The van der Waals surface area contributed by atoms with E-state index in [9.17, 15) is 5.11 Å². The van der Waals surface area contributed by atoms with E-state index < -0.39 is 9.04 Å². The molecule has 0 aliphatic heterocycles. The molecule has 0 saturated heterocycles. The highest BCUT2D eigenvalue weighted by atomic mass is 28.3. The van der Waals surface area contributed by atoms with Gasteiger partial charge in [0.2, 0.25) is 0 Å². The molecule has 0 amide bonds. The number of hydrogen-bond donors (Lipinski definition) is 1. The van der Waals surface area contributed by atoms with Crippen molar-refractivity contribution in [1.29, 1.82) is 0 Å². The molecule has 1 rings (SSSR count). The van der Waals surface area contributed by atoms with Crippen molar-refractivity contribution in [3.05, 3.63) is 35.4 Å². The molecule has 1 aromatic carbocycles. The van der Waals surface area contributed by atoms with Crippen molar-refractivity contribution in [3.8, 4) is 11.5 Å². The lowest BCUT2D eigenvalue weighted by Crippen LogP contribution is -2.20. The maximum Gasteiger partial charge on any atom is 0.274 e. The Morgan fingerprint density at radius 3 is 2.37 bits per heavy atom. The van der Waals surface area contributed by atoms with Gasteiger partial charge in [0.05, 0.1) is 0 Å². The van der Waals surface area contributed by atoms with Gasteiger partial charge in [-0.2, -0.15) is 0 Å². The molecule has 0 aromatic heterocycles. The summed E-state index contributed by atoms with van der Waals surface area (Å²) < 4.78 is 5.98. The van der Waals surface area contributed by atoms with Gasteiger partial charge < -0.3 is 9.53 Å². The summed E-state index contributed by atoms with van der Waals surface area (Å²) in [6, 6.07) is 1.77. The van der Waals surface area contributed by atoms with E-state index in [1.165, 1.54) is 5.56 Å². The average Bonchev–Trinajstić information content (AvgIpc) is 2.20. The van der Waals surface area contributed by atoms with Crippen LogP contribution in [0.4, 0.5) is 0 Å². The van der Waals surface area contributed by atoms with Crippen LogP contribution in [-0.4, -0.2) is 14.1 Å². The summed E-state index contributed by atoms with van der Waals surface area (Å²) >= 11 is 0. The van der Waals surface area contributed by atoms with Gasteiger partial charge in [-0.3, -0.25) is 0 Å². The van der Waals surface area contributed by atoms with Gasteiger partial charge >= 0.3 is 0 Å². The first kappa shape index (κ1) is 15.8. The molecule has 0 fully saturated rings. The standard InChI is InChI=1S/C16H25O2Si/c1-8-9-12-11(2)15(16(3,4)5)14(10-13(12)17)18-19(6)7/h8,10,17H,1,9H2,2-7H3. The van der Waals surface area contributed by atoms with Crippen molar-refractivity contribution in [2.45, 2.75) is 52.6 Å². The maximum absolute atomic E-state index is 10.2. The summed E-state index contributed by atoms with van der Waals surface area (Å²) in [4.78, 5) is 0. The minimum atomic E-state index is -0.858. The third-order valence-electron chi connectivity index (χ3n) is 3.06. The topological polar surface area (TPSA) is 29.5 Å². The zero-order chi connectivity index (χ0) is 14.8. The van der Waals surface area contributed by atoms with Crippen molar-refractivity contribution in [1.82, 2.24) is 0 Å². The van der Waals surface area contributed by atoms with Crippen molar-refractivity contribution in [2.75, 3.05) is 0 Å². The predicted octanol–water partition coefficient (Wildman–Crippen LogP) is 4.36. The fourth-order valence-electron chi connectivity index (χ4n) is 2.45. The van der Waals surface area contributed by atoms with Crippen LogP contribution < -0.4 is 4.43 Å². The van der Waals surface area contributed by atoms with Crippen LogP contribution in [0.25, 0.3) is 0 Å². The molecule has 105 valence electrons. The lowest BCUT2D eigenvalue weighted by Gasteiger charge is -2.28. The highest BCUT2D eigenvalue weighted by Crippen LogP contribution is 2.40. The molecule has 1 N–H and O–H groups in total. The van der Waals surface area contributed by atoms with Crippen molar-refractivity contribution in [2.24, 2.45) is 0 Å². The molecule has 1 radical (unpaired) electrons. The highest BCUT2D eigenvalue weighted by Gasteiger charge is 2.25. The summed E-state index contributed by atoms with van der Waals surface area (Å²) in [5.74, 6) is 1.14. The summed E-state index contributed by atoms with van der Waals surface area (Å²) in [6.45, 7) is 16.5. The van der Waals surface area contributed by atoms with Crippen LogP contribution >= 0.6 is 0 Å². The number of allylic oxidation sites excluding steroid dienone is 1. The van der Waals surface area contributed by atoms with Gasteiger partial charge in [0.15, 0.2) is 0 Å². The number of aromatic hydroxyl groups is 1. The summed E-state index contributed by atoms with van der Waals surface area (Å²) in [5.41, 5.74) is 3.24. The second kappa shape index (κ2) is 5.82. The largest absolute Gasteiger partial charge is 0.542 e. The van der Waals surface area contributed by atoms with E-state index in [0.717, 1.165) is 16.9 Å². The van der Waals surface area contributed by atoms with Crippen LogP contribution in [0.3, 0.4) is 0 Å². The highest BCUT2D eigenvalue weighted by molar-refractivity contribution is 6.49. The first-order valence-electron chi connectivity index (χ1n) is 6.63. The quantitative estimate of drug-likeness (QED) is 0.654. The first-order valence-corrected chi connectivity index (χ1v) is 9.04. The third-order valence-corrected chi connectivity index (χ3v) is 3.69. The molecule has 0 heterocycles. The lowest BCUT2D eigenvalue weighted by molar-refractivity contribution is 0.457. The second-order valence-corrected chi connectivity index (χ2v) is 8.15. The van der Waals surface area contributed by atoms with E-state index in [4.69, 9.17) is 4.43 Å². The second-order valence-electron chi connectivity index (χ2n) is 6.13. The lowest BCUT2D eigenvalue weighted by atomic mass is 9.81. The number of rotatable bonds is 4. The Morgan fingerprint density at radius 1 is 1.37 bits per heavy atom. The molecule has 3 heteroatoms.